The van der Waals surface area contributed by atoms with E-state index in [1.54, 1.807) is 11.3 Å². The van der Waals surface area contributed by atoms with Gasteiger partial charge in [-0.1, -0.05) is 24.3 Å². The van der Waals surface area contributed by atoms with Crippen molar-refractivity contribution < 1.29 is 0 Å². The maximum atomic E-state index is 5.86. The fourth-order valence-electron chi connectivity index (χ4n) is 2.81. The molecule has 1 unspecified atom stereocenters. The van der Waals surface area contributed by atoms with E-state index >= 15 is 0 Å². The molecule has 1 saturated heterocycles. The van der Waals surface area contributed by atoms with Crippen molar-refractivity contribution in [2.75, 3.05) is 6.54 Å². The third-order valence-corrected chi connectivity index (χ3v) is 5.20. The van der Waals surface area contributed by atoms with Gasteiger partial charge in [-0.15, -0.1) is 22.9 Å². The molecule has 0 radical (unpaired) electrons. The van der Waals surface area contributed by atoms with E-state index in [0.717, 1.165) is 17.2 Å². The van der Waals surface area contributed by atoms with Gasteiger partial charge in [0.15, 0.2) is 0 Å². The molecule has 3 rings (SSSR count). The zero-order chi connectivity index (χ0) is 13.9. The number of rotatable bonds is 4. The number of hydrogen-bond acceptors (Lipinski definition) is 3. The average Bonchev–Trinajstić information content (AvgIpc) is 3.09. The second-order valence-electron chi connectivity index (χ2n) is 5.40. The van der Waals surface area contributed by atoms with E-state index in [1.165, 1.54) is 30.5 Å². The third-order valence-electron chi connectivity index (χ3n) is 4.00. The minimum atomic E-state index is 0.488. The summed E-state index contributed by atoms with van der Waals surface area (Å²) in [6.07, 6.45) is 2.63. The maximum Gasteiger partial charge on any atom is 0.123 e. The first-order valence-corrected chi connectivity index (χ1v) is 8.52. The lowest BCUT2D eigenvalue weighted by Crippen LogP contribution is -2.26. The summed E-state index contributed by atoms with van der Waals surface area (Å²) in [4.78, 5) is 7.19. The van der Waals surface area contributed by atoms with Crippen LogP contribution in [0.3, 0.4) is 0 Å². The number of aromatic nitrogens is 1. The Morgan fingerprint density at radius 2 is 2.25 bits per heavy atom. The van der Waals surface area contributed by atoms with Crippen LogP contribution in [0.4, 0.5) is 0 Å². The SMILES string of the molecule is CC1CCCN1Cc1ccccc1-c1nc(CCl)cs1. The standard InChI is InChI=1S/C16H19ClN2S/c1-12-5-4-8-19(12)10-13-6-2-3-7-15(13)16-18-14(9-17)11-20-16/h2-3,6-7,11-12H,4-5,8-10H2,1H3. The summed E-state index contributed by atoms with van der Waals surface area (Å²) < 4.78 is 0. The zero-order valence-electron chi connectivity index (χ0n) is 11.7. The van der Waals surface area contributed by atoms with E-state index in [2.05, 4.69) is 46.5 Å². The van der Waals surface area contributed by atoms with Gasteiger partial charge in [-0.25, -0.2) is 4.98 Å². The minimum absolute atomic E-state index is 0.488. The van der Waals surface area contributed by atoms with Crippen molar-refractivity contribution in [3.05, 3.63) is 40.9 Å². The van der Waals surface area contributed by atoms with Gasteiger partial charge in [0, 0.05) is 23.5 Å². The summed E-state index contributed by atoms with van der Waals surface area (Å²) in [5, 5.41) is 3.14. The van der Waals surface area contributed by atoms with Gasteiger partial charge in [0.2, 0.25) is 0 Å². The summed E-state index contributed by atoms with van der Waals surface area (Å²) in [7, 11) is 0. The van der Waals surface area contributed by atoms with Crippen molar-refractivity contribution in [1.82, 2.24) is 9.88 Å². The van der Waals surface area contributed by atoms with Crippen LogP contribution in [-0.4, -0.2) is 22.5 Å². The lowest BCUT2D eigenvalue weighted by atomic mass is 10.1. The summed E-state index contributed by atoms with van der Waals surface area (Å²) in [5.41, 5.74) is 3.60. The van der Waals surface area contributed by atoms with Crippen LogP contribution in [-0.2, 0) is 12.4 Å². The molecule has 0 saturated carbocycles. The maximum absolute atomic E-state index is 5.86. The summed E-state index contributed by atoms with van der Waals surface area (Å²) in [6, 6.07) is 9.30. The van der Waals surface area contributed by atoms with Gasteiger partial charge in [-0.05, 0) is 31.9 Å². The lowest BCUT2D eigenvalue weighted by Gasteiger charge is -2.22. The molecular formula is C16H19ClN2S. The van der Waals surface area contributed by atoms with Gasteiger partial charge in [-0.3, -0.25) is 4.90 Å². The number of nitrogens with zero attached hydrogens (tertiary/aromatic N) is 2. The average molecular weight is 307 g/mol. The smallest absolute Gasteiger partial charge is 0.123 e. The topological polar surface area (TPSA) is 16.1 Å². The molecule has 106 valence electrons. The molecule has 2 nitrogen and oxygen atoms in total. The number of alkyl halides is 1. The number of likely N-dealkylation sites (tertiary alicyclic amines) is 1. The zero-order valence-corrected chi connectivity index (χ0v) is 13.3. The molecular weight excluding hydrogens is 288 g/mol. The number of thiazole rings is 1. The molecule has 2 heterocycles. The number of halogens is 1. The first-order chi connectivity index (χ1) is 9.78. The monoisotopic (exact) mass is 306 g/mol. The molecule has 1 fully saturated rings. The molecule has 0 N–H and O–H groups in total. The van der Waals surface area contributed by atoms with Crippen molar-refractivity contribution in [3.8, 4) is 10.6 Å². The molecule has 1 atom stereocenters. The van der Waals surface area contributed by atoms with Crippen LogP contribution in [0.1, 0.15) is 31.0 Å². The molecule has 4 heteroatoms. The third kappa shape index (κ3) is 2.90. The lowest BCUT2D eigenvalue weighted by molar-refractivity contribution is 0.261. The molecule has 1 aromatic carbocycles. The van der Waals surface area contributed by atoms with Gasteiger partial charge >= 0.3 is 0 Å². The molecule has 0 amide bonds. The Morgan fingerprint density at radius 3 is 2.95 bits per heavy atom. The van der Waals surface area contributed by atoms with Crippen molar-refractivity contribution >= 4 is 22.9 Å². The van der Waals surface area contributed by atoms with E-state index in [9.17, 15) is 0 Å². The van der Waals surface area contributed by atoms with E-state index in [4.69, 9.17) is 11.6 Å². The molecule has 2 aromatic rings. The highest BCUT2D eigenvalue weighted by Gasteiger charge is 2.21. The van der Waals surface area contributed by atoms with Gasteiger partial charge in [0.25, 0.3) is 0 Å². The van der Waals surface area contributed by atoms with Gasteiger partial charge in [-0.2, -0.15) is 0 Å². The largest absolute Gasteiger partial charge is 0.296 e. The predicted octanol–water partition coefficient (Wildman–Crippen LogP) is 4.53. The normalized spacial score (nSPS) is 19.6. The molecule has 1 aromatic heterocycles. The first kappa shape index (κ1) is 14.1. The molecule has 0 bridgehead atoms. The highest BCUT2D eigenvalue weighted by molar-refractivity contribution is 7.13. The molecule has 1 aliphatic rings. The van der Waals surface area contributed by atoms with Crippen LogP contribution in [0.5, 0.6) is 0 Å². The Bertz CT molecular complexity index is 581. The molecule has 20 heavy (non-hydrogen) atoms. The summed E-state index contributed by atoms with van der Waals surface area (Å²) in [5.74, 6) is 0.488. The molecule has 1 aliphatic heterocycles. The Kier molecular flexibility index (Phi) is 4.39. The quantitative estimate of drug-likeness (QED) is 0.771. The second-order valence-corrected chi connectivity index (χ2v) is 6.52. The van der Waals surface area contributed by atoms with Crippen molar-refractivity contribution in [3.63, 3.8) is 0 Å². The van der Waals surface area contributed by atoms with Crippen LogP contribution in [0.2, 0.25) is 0 Å². The van der Waals surface area contributed by atoms with Crippen LogP contribution in [0.25, 0.3) is 10.6 Å². The highest BCUT2D eigenvalue weighted by Crippen LogP contribution is 2.30. The number of benzene rings is 1. The fraction of sp³-hybridized carbons (Fsp3) is 0.438. The summed E-state index contributed by atoms with van der Waals surface area (Å²) in [6.45, 7) is 4.55. The van der Waals surface area contributed by atoms with E-state index in [-0.39, 0.29) is 0 Å². The van der Waals surface area contributed by atoms with Gasteiger partial charge in [0.05, 0.1) is 11.6 Å². The van der Waals surface area contributed by atoms with E-state index in [0.29, 0.717) is 11.9 Å². The Balaban J connectivity index is 1.87. The molecule has 0 aliphatic carbocycles. The first-order valence-electron chi connectivity index (χ1n) is 7.10. The molecule has 0 spiro atoms. The Morgan fingerprint density at radius 1 is 1.40 bits per heavy atom. The minimum Gasteiger partial charge on any atom is -0.296 e. The van der Waals surface area contributed by atoms with E-state index < -0.39 is 0 Å². The Hall–Kier alpha value is -0.900. The Labute approximate surface area is 129 Å². The van der Waals surface area contributed by atoms with Crippen LogP contribution >= 0.6 is 22.9 Å². The highest BCUT2D eigenvalue weighted by atomic mass is 35.5. The predicted molar refractivity (Wildman–Crippen MR) is 86.2 cm³/mol. The van der Waals surface area contributed by atoms with Crippen LogP contribution in [0, 0.1) is 0 Å². The van der Waals surface area contributed by atoms with Crippen LogP contribution < -0.4 is 0 Å². The van der Waals surface area contributed by atoms with Crippen molar-refractivity contribution in [1.29, 1.82) is 0 Å². The van der Waals surface area contributed by atoms with Crippen LogP contribution in [0.15, 0.2) is 29.6 Å². The van der Waals surface area contributed by atoms with Crippen molar-refractivity contribution in [2.24, 2.45) is 0 Å². The number of hydrogen-bond donors (Lipinski definition) is 0. The van der Waals surface area contributed by atoms with Crippen molar-refractivity contribution in [2.45, 2.75) is 38.2 Å². The van der Waals surface area contributed by atoms with Gasteiger partial charge < -0.3 is 0 Å². The summed E-state index contributed by atoms with van der Waals surface area (Å²) >= 11 is 7.55. The second kappa shape index (κ2) is 6.25. The fourth-order valence-corrected chi connectivity index (χ4v) is 3.91. The van der Waals surface area contributed by atoms with E-state index in [1.807, 2.05) is 0 Å². The van der Waals surface area contributed by atoms with Gasteiger partial charge in [0.1, 0.15) is 5.01 Å².